The molecule has 1 unspecified atom stereocenters. The number of amides is 2. The molecule has 0 spiro atoms. The van der Waals surface area contributed by atoms with Gasteiger partial charge in [-0.15, -0.1) is 0 Å². The van der Waals surface area contributed by atoms with Gasteiger partial charge in [0.15, 0.2) is 9.84 Å². The van der Waals surface area contributed by atoms with E-state index in [2.05, 4.69) is 21.2 Å². The smallest absolute Gasteiger partial charge is 0.227 e. The normalized spacial score (nSPS) is 16.8. The Kier molecular flexibility index (Phi) is 6.74. The second kappa shape index (κ2) is 9.09. The number of carbonyl (C=O) groups excluding carboxylic acids is 2. The van der Waals surface area contributed by atoms with Gasteiger partial charge in [0.1, 0.15) is 0 Å². The Morgan fingerprint density at radius 3 is 2.62 bits per heavy atom. The van der Waals surface area contributed by atoms with Gasteiger partial charge in [-0.3, -0.25) is 9.59 Å². The number of rotatable bonds is 7. The molecule has 1 heterocycles. The fourth-order valence-electron chi connectivity index (χ4n) is 3.29. The van der Waals surface area contributed by atoms with Gasteiger partial charge >= 0.3 is 0 Å². The van der Waals surface area contributed by atoms with E-state index < -0.39 is 15.8 Å². The molecule has 2 aromatic carbocycles. The highest BCUT2D eigenvalue weighted by Gasteiger charge is 2.35. The maximum absolute atomic E-state index is 12.4. The molecule has 2 aromatic rings. The molecule has 0 radical (unpaired) electrons. The molecular formula is C21H23BrN2O4S. The number of sulfone groups is 1. The summed E-state index contributed by atoms with van der Waals surface area (Å²) in [6.07, 6.45) is 0.475. The van der Waals surface area contributed by atoms with Gasteiger partial charge in [-0.2, -0.15) is 0 Å². The lowest BCUT2D eigenvalue weighted by Crippen LogP contribution is -2.34. The molecule has 1 aliphatic heterocycles. The molecule has 0 aromatic heterocycles. The Bertz CT molecular complexity index is 1010. The third kappa shape index (κ3) is 5.25. The minimum atomic E-state index is -3.36. The van der Waals surface area contributed by atoms with Crippen molar-refractivity contribution in [2.45, 2.75) is 24.7 Å². The van der Waals surface area contributed by atoms with Crippen LogP contribution in [0, 0.1) is 12.8 Å². The van der Waals surface area contributed by atoms with E-state index in [1.807, 2.05) is 25.1 Å². The zero-order chi connectivity index (χ0) is 21.0. The third-order valence-electron chi connectivity index (χ3n) is 4.94. The van der Waals surface area contributed by atoms with Crippen LogP contribution in [0.5, 0.6) is 0 Å². The number of anilines is 1. The van der Waals surface area contributed by atoms with Crippen LogP contribution >= 0.6 is 15.9 Å². The molecule has 1 N–H and O–H groups in total. The van der Waals surface area contributed by atoms with Gasteiger partial charge in [0.25, 0.3) is 0 Å². The van der Waals surface area contributed by atoms with Crippen LogP contribution in [0.4, 0.5) is 5.69 Å². The summed E-state index contributed by atoms with van der Waals surface area (Å²) in [5.74, 6) is -0.770. The second-order valence-electron chi connectivity index (χ2n) is 7.12. The highest BCUT2D eigenvalue weighted by molar-refractivity contribution is 9.10. The first-order valence-corrected chi connectivity index (χ1v) is 11.8. The lowest BCUT2D eigenvalue weighted by Gasteiger charge is -2.17. The van der Waals surface area contributed by atoms with Crippen LogP contribution in [0.15, 0.2) is 57.9 Å². The quantitative estimate of drug-likeness (QED) is 0.619. The number of carbonyl (C=O) groups is 2. The molecule has 8 heteroatoms. The zero-order valence-corrected chi connectivity index (χ0v) is 18.5. The number of aryl methyl sites for hydroxylation is 1. The average Bonchev–Trinajstić information content (AvgIpc) is 3.10. The molecule has 1 saturated heterocycles. The Labute approximate surface area is 179 Å². The summed E-state index contributed by atoms with van der Waals surface area (Å²) in [7, 11) is -3.36. The van der Waals surface area contributed by atoms with E-state index in [1.165, 1.54) is 0 Å². The zero-order valence-electron chi connectivity index (χ0n) is 16.1. The van der Waals surface area contributed by atoms with Crippen LogP contribution in [0.25, 0.3) is 0 Å². The lowest BCUT2D eigenvalue weighted by atomic mass is 10.1. The van der Waals surface area contributed by atoms with Crippen LogP contribution in [-0.4, -0.2) is 39.1 Å². The van der Waals surface area contributed by atoms with Crippen molar-refractivity contribution in [2.24, 2.45) is 5.92 Å². The van der Waals surface area contributed by atoms with Crippen molar-refractivity contribution in [3.05, 3.63) is 58.6 Å². The first-order chi connectivity index (χ1) is 13.8. The number of nitrogens with one attached hydrogen (secondary N) is 1. The van der Waals surface area contributed by atoms with Crippen molar-refractivity contribution in [1.82, 2.24) is 5.32 Å². The maximum Gasteiger partial charge on any atom is 0.227 e. The molecule has 1 fully saturated rings. The Balaban J connectivity index is 1.50. The summed E-state index contributed by atoms with van der Waals surface area (Å²) >= 11 is 3.44. The van der Waals surface area contributed by atoms with Crippen molar-refractivity contribution in [2.75, 3.05) is 23.7 Å². The Hall–Kier alpha value is -2.19. The Morgan fingerprint density at radius 1 is 1.21 bits per heavy atom. The van der Waals surface area contributed by atoms with Crippen LogP contribution in [0.1, 0.15) is 18.4 Å². The van der Waals surface area contributed by atoms with Crippen molar-refractivity contribution in [1.29, 1.82) is 0 Å². The third-order valence-corrected chi connectivity index (χ3v) is 7.65. The van der Waals surface area contributed by atoms with Crippen molar-refractivity contribution >= 4 is 43.3 Å². The van der Waals surface area contributed by atoms with Gasteiger partial charge in [0.2, 0.25) is 11.8 Å². The van der Waals surface area contributed by atoms with E-state index in [-0.39, 0.29) is 35.4 Å². The summed E-state index contributed by atoms with van der Waals surface area (Å²) in [5, 5.41) is 2.77. The predicted molar refractivity (Wildman–Crippen MR) is 115 cm³/mol. The molecule has 0 saturated carbocycles. The van der Waals surface area contributed by atoms with Crippen LogP contribution in [0.3, 0.4) is 0 Å². The van der Waals surface area contributed by atoms with Gasteiger partial charge in [-0.1, -0.05) is 34.1 Å². The van der Waals surface area contributed by atoms with Gasteiger partial charge in [-0.25, -0.2) is 8.42 Å². The van der Waals surface area contributed by atoms with E-state index in [9.17, 15) is 18.0 Å². The molecule has 1 atom stereocenters. The van der Waals surface area contributed by atoms with Crippen LogP contribution < -0.4 is 10.2 Å². The van der Waals surface area contributed by atoms with Crippen LogP contribution in [0.2, 0.25) is 0 Å². The van der Waals surface area contributed by atoms with Gasteiger partial charge in [-0.05, 0) is 49.2 Å². The minimum Gasteiger partial charge on any atom is -0.356 e. The topological polar surface area (TPSA) is 83.6 Å². The van der Waals surface area contributed by atoms with Gasteiger partial charge in [0, 0.05) is 29.7 Å². The first-order valence-electron chi connectivity index (χ1n) is 9.40. The highest BCUT2D eigenvalue weighted by atomic mass is 79.9. The molecule has 1 aliphatic rings. The molecule has 6 nitrogen and oxygen atoms in total. The summed E-state index contributed by atoms with van der Waals surface area (Å²) in [6, 6.07) is 13.9. The highest BCUT2D eigenvalue weighted by Crippen LogP contribution is 2.28. The maximum atomic E-state index is 12.4. The number of benzene rings is 2. The molecule has 3 rings (SSSR count). The summed E-state index contributed by atoms with van der Waals surface area (Å²) < 4.78 is 25.5. The van der Waals surface area contributed by atoms with E-state index in [0.29, 0.717) is 13.0 Å². The second-order valence-corrected chi connectivity index (χ2v) is 10.1. The monoisotopic (exact) mass is 478 g/mol. The summed E-state index contributed by atoms with van der Waals surface area (Å²) in [6.45, 7) is 2.53. The first kappa shape index (κ1) is 21.5. The SMILES string of the molecule is Cc1cc(N2CC(C(=O)NCCCS(=O)(=O)c3ccccc3)CC2=O)ccc1Br. The average molecular weight is 479 g/mol. The molecular weight excluding hydrogens is 456 g/mol. The molecule has 154 valence electrons. The van der Waals surface area contributed by atoms with Gasteiger partial charge in [0.05, 0.1) is 16.6 Å². The molecule has 0 bridgehead atoms. The van der Waals surface area contributed by atoms with Crippen molar-refractivity contribution in [3.8, 4) is 0 Å². The van der Waals surface area contributed by atoms with Crippen molar-refractivity contribution < 1.29 is 18.0 Å². The number of hydrogen-bond acceptors (Lipinski definition) is 4. The van der Waals surface area contributed by atoms with Crippen molar-refractivity contribution in [3.63, 3.8) is 0 Å². The van der Waals surface area contributed by atoms with Crippen LogP contribution in [-0.2, 0) is 19.4 Å². The number of hydrogen-bond donors (Lipinski definition) is 1. The number of halogens is 1. The largest absolute Gasteiger partial charge is 0.356 e. The van der Waals surface area contributed by atoms with E-state index in [0.717, 1.165) is 15.7 Å². The minimum absolute atomic E-state index is 0.0365. The Morgan fingerprint density at radius 2 is 1.93 bits per heavy atom. The lowest BCUT2D eigenvalue weighted by molar-refractivity contribution is -0.126. The van der Waals surface area contributed by atoms with E-state index in [1.54, 1.807) is 35.2 Å². The van der Waals surface area contributed by atoms with E-state index in [4.69, 9.17) is 0 Å². The van der Waals surface area contributed by atoms with E-state index >= 15 is 0 Å². The molecule has 2 amide bonds. The predicted octanol–water partition coefficient (Wildman–Crippen LogP) is 3.09. The summed E-state index contributed by atoms with van der Waals surface area (Å²) in [5.41, 5.74) is 1.79. The molecule has 29 heavy (non-hydrogen) atoms. The van der Waals surface area contributed by atoms with Gasteiger partial charge < -0.3 is 10.2 Å². The fourth-order valence-corrected chi connectivity index (χ4v) is 4.87. The molecule has 0 aliphatic carbocycles. The summed E-state index contributed by atoms with van der Waals surface area (Å²) in [4.78, 5) is 26.7. The number of nitrogens with zero attached hydrogens (tertiary/aromatic N) is 1. The fraction of sp³-hybridized carbons (Fsp3) is 0.333. The standard InChI is InChI=1S/C21H23BrN2O4S/c1-15-12-17(8-9-19(15)22)24-14-16(13-20(24)25)21(26)23-10-5-11-29(27,28)18-6-3-2-4-7-18/h2-4,6-9,12,16H,5,10-11,13-14H2,1H3,(H,23,26).